The van der Waals surface area contributed by atoms with Crippen LogP contribution in [-0.2, 0) is 11.3 Å². The van der Waals surface area contributed by atoms with Crippen molar-refractivity contribution in [3.8, 4) is 0 Å². The number of hydrogen-bond acceptors (Lipinski definition) is 4. The smallest absolute Gasteiger partial charge is 0.0587 e. The van der Waals surface area contributed by atoms with Crippen LogP contribution in [0.5, 0.6) is 0 Å². The molecule has 1 N–H and O–H groups in total. The van der Waals surface area contributed by atoms with Gasteiger partial charge in [-0.3, -0.25) is 0 Å². The lowest BCUT2D eigenvalue weighted by atomic mass is 10.2. The normalized spacial score (nSPS) is 19.3. The van der Waals surface area contributed by atoms with Crippen LogP contribution in [0.3, 0.4) is 0 Å². The highest BCUT2D eigenvalue weighted by molar-refractivity contribution is 8.00. The molecule has 3 nitrogen and oxygen atoms in total. The first-order valence-electron chi connectivity index (χ1n) is 7.48. The standard InChI is InChI=1S/C16H26N2OS/c1-3-16-13-18(9-11-20-16)15-6-4-14(5-7-15)12-17-8-10-19-2/h4-7,16-17H,3,8-13H2,1-2H3. The van der Waals surface area contributed by atoms with Gasteiger partial charge in [0.1, 0.15) is 0 Å². The minimum atomic E-state index is 0.766. The predicted molar refractivity (Wildman–Crippen MR) is 88.8 cm³/mol. The van der Waals surface area contributed by atoms with Crippen LogP contribution in [0, 0.1) is 0 Å². The van der Waals surface area contributed by atoms with E-state index in [0.29, 0.717) is 0 Å². The zero-order chi connectivity index (χ0) is 14.2. The third-order valence-electron chi connectivity index (χ3n) is 3.71. The fraction of sp³-hybridized carbons (Fsp3) is 0.625. The van der Waals surface area contributed by atoms with Gasteiger partial charge in [0.15, 0.2) is 0 Å². The lowest BCUT2D eigenvalue weighted by molar-refractivity contribution is 0.199. The van der Waals surface area contributed by atoms with Gasteiger partial charge in [-0.1, -0.05) is 19.1 Å². The van der Waals surface area contributed by atoms with Crippen LogP contribution in [0.1, 0.15) is 18.9 Å². The highest BCUT2D eigenvalue weighted by atomic mass is 32.2. The minimum Gasteiger partial charge on any atom is -0.383 e. The number of rotatable bonds is 7. The number of ether oxygens (including phenoxy) is 1. The fourth-order valence-corrected chi connectivity index (χ4v) is 3.61. The number of thioether (sulfide) groups is 1. The summed E-state index contributed by atoms with van der Waals surface area (Å²) in [5.74, 6) is 1.25. The number of anilines is 1. The highest BCUT2D eigenvalue weighted by Gasteiger charge is 2.18. The first-order chi connectivity index (χ1) is 9.83. The zero-order valence-electron chi connectivity index (χ0n) is 12.6. The molecule has 0 bridgehead atoms. The molecule has 1 aliphatic heterocycles. The van der Waals surface area contributed by atoms with Crippen molar-refractivity contribution in [1.29, 1.82) is 0 Å². The first-order valence-corrected chi connectivity index (χ1v) is 8.53. The number of hydrogen-bond donors (Lipinski definition) is 1. The Labute approximate surface area is 127 Å². The second-order valence-corrected chi connectivity index (χ2v) is 6.59. The van der Waals surface area contributed by atoms with E-state index in [1.165, 1.54) is 36.5 Å². The van der Waals surface area contributed by atoms with Crippen molar-refractivity contribution >= 4 is 17.4 Å². The molecule has 1 saturated heterocycles. The van der Waals surface area contributed by atoms with E-state index in [9.17, 15) is 0 Å². The average Bonchev–Trinajstić information content (AvgIpc) is 2.52. The second-order valence-electron chi connectivity index (χ2n) is 5.18. The van der Waals surface area contributed by atoms with Crippen LogP contribution in [0.2, 0.25) is 0 Å². The Hall–Kier alpha value is -0.710. The monoisotopic (exact) mass is 294 g/mol. The van der Waals surface area contributed by atoms with Crippen LogP contribution in [0.25, 0.3) is 0 Å². The van der Waals surface area contributed by atoms with Crippen LogP contribution in [0.4, 0.5) is 5.69 Å². The molecule has 2 rings (SSSR count). The van der Waals surface area contributed by atoms with E-state index < -0.39 is 0 Å². The van der Waals surface area contributed by atoms with Crippen molar-refractivity contribution in [2.45, 2.75) is 25.1 Å². The van der Waals surface area contributed by atoms with E-state index >= 15 is 0 Å². The van der Waals surface area contributed by atoms with Crippen LogP contribution in [0.15, 0.2) is 24.3 Å². The average molecular weight is 294 g/mol. The Morgan fingerprint density at radius 1 is 1.35 bits per heavy atom. The Bertz CT molecular complexity index is 383. The molecule has 1 aromatic rings. The predicted octanol–water partition coefficient (Wildman–Crippen LogP) is 2.75. The molecule has 0 amide bonds. The molecule has 0 spiro atoms. The second kappa shape index (κ2) is 8.55. The van der Waals surface area contributed by atoms with Gasteiger partial charge < -0.3 is 15.0 Å². The third kappa shape index (κ3) is 4.69. The maximum atomic E-state index is 5.03. The van der Waals surface area contributed by atoms with E-state index in [4.69, 9.17) is 4.74 Å². The SMILES string of the molecule is CCC1CN(c2ccc(CNCCOC)cc2)CCS1. The van der Waals surface area contributed by atoms with Crippen molar-refractivity contribution in [3.63, 3.8) is 0 Å². The summed E-state index contributed by atoms with van der Waals surface area (Å²) in [6, 6.07) is 8.99. The summed E-state index contributed by atoms with van der Waals surface area (Å²) in [6.45, 7) is 7.23. The molecule has 0 aromatic heterocycles. The topological polar surface area (TPSA) is 24.5 Å². The zero-order valence-corrected chi connectivity index (χ0v) is 13.4. The molecule has 1 heterocycles. The Kier molecular flexibility index (Phi) is 6.70. The van der Waals surface area contributed by atoms with Crippen LogP contribution < -0.4 is 10.2 Å². The molecule has 4 heteroatoms. The minimum absolute atomic E-state index is 0.766. The third-order valence-corrected chi connectivity index (χ3v) is 5.08. The van der Waals surface area contributed by atoms with Crippen molar-refractivity contribution < 1.29 is 4.74 Å². The maximum absolute atomic E-state index is 5.03. The van der Waals surface area contributed by atoms with Gasteiger partial charge in [-0.2, -0.15) is 11.8 Å². The molecule has 1 unspecified atom stereocenters. The van der Waals surface area contributed by atoms with E-state index in [1.807, 2.05) is 0 Å². The van der Waals surface area contributed by atoms with Crippen LogP contribution in [-0.4, -0.2) is 44.4 Å². The number of methoxy groups -OCH3 is 1. The van der Waals surface area contributed by atoms with Gasteiger partial charge in [-0.05, 0) is 24.1 Å². The van der Waals surface area contributed by atoms with Gasteiger partial charge in [0, 0.05) is 50.0 Å². The summed E-state index contributed by atoms with van der Waals surface area (Å²) in [5, 5.41) is 4.17. The maximum Gasteiger partial charge on any atom is 0.0587 e. The van der Waals surface area contributed by atoms with Crippen molar-refractivity contribution in [2.75, 3.05) is 44.0 Å². The van der Waals surface area contributed by atoms with Gasteiger partial charge in [0.05, 0.1) is 6.61 Å². The summed E-state index contributed by atoms with van der Waals surface area (Å²) >= 11 is 2.12. The molecule has 1 atom stereocenters. The van der Waals surface area contributed by atoms with Crippen molar-refractivity contribution in [3.05, 3.63) is 29.8 Å². The molecule has 1 aromatic carbocycles. The van der Waals surface area contributed by atoms with Gasteiger partial charge >= 0.3 is 0 Å². The molecule has 1 aliphatic rings. The number of nitrogens with one attached hydrogen (secondary N) is 1. The summed E-state index contributed by atoms with van der Waals surface area (Å²) in [4.78, 5) is 2.52. The Morgan fingerprint density at radius 3 is 2.85 bits per heavy atom. The molecular formula is C16H26N2OS. The van der Waals surface area contributed by atoms with Gasteiger partial charge in [-0.25, -0.2) is 0 Å². The molecule has 20 heavy (non-hydrogen) atoms. The molecule has 0 saturated carbocycles. The molecule has 1 fully saturated rings. The number of nitrogens with zero attached hydrogens (tertiary/aromatic N) is 1. The van der Waals surface area contributed by atoms with Gasteiger partial charge in [0.2, 0.25) is 0 Å². The Morgan fingerprint density at radius 2 is 2.15 bits per heavy atom. The fourth-order valence-electron chi connectivity index (χ4n) is 2.43. The van der Waals surface area contributed by atoms with Crippen molar-refractivity contribution in [2.24, 2.45) is 0 Å². The summed E-state index contributed by atoms with van der Waals surface area (Å²) in [7, 11) is 1.73. The molecular weight excluding hydrogens is 268 g/mol. The molecule has 0 radical (unpaired) electrons. The van der Waals surface area contributed by atoms with E-state index in [1.54, 1.807) is 7.11 Å². The lowest BCUT2D eigenvalue weighted by Crippen LogP contribution is -2.37. The first kappa shape index (κ1) is 15.7. The van der Waals surface area contributed by atoms with Crippen molar-refractivity contribution in [1.82, 2.24) is 5.32 Å². The van der Waals surface area contributed by atoms with Crippen LogP contribution >= 0.6 is 11.8 Å². The molecule has 112 valence electrons. The quantitative estimate of drug-likeness (QED) is 0.782. The number of benzene rings is 1. The summed E-state index contributed by atoms with van der Waals surface area (Å²) < 4.78 is 5.03. The summed E-state index contributed by atoms with van der Waals surface area (Å²) in [5.41, 5.74) is 2.70. The van der Waals surface area contributed by atoms with Gasteiger partial charge in [0.25, 0.3) is 0 Å². The molecule has 0 aliphatic carbocycles. The van der Waals surface area contributed by atoms with Gasteiger partial charge in [-0.15, -0.1) is 0 Å². The largest absolute Gasteiger partial charge is 0.383 e. The summed E-state index contributed by atoms with van der Waals surface area (Å²) in [6.07, 6.45) is 1.27. The Balaban J connectivity index is 1.84. The van der Waals surface area contributed by atoms with E-state index in [0.717, 1.165) is 24.9 Å². The van der Waals surface area contributed by atoms with E-state index in [-0.39, 0.29) is 0 Å². The van der Waals surface area contributed by atoms with E-state index in [2.05, 4.69) is 53.2 Å². The highest BCUT2D eigenvalue weighted by Crippen LogP contribution is 2.25. The lowest BCUT2D eigenvalue weighted by Gasteiger charge is -2.33.